The summed E-state index contributed by atoms with van der Waals surface area (Å²) < 4.78 is 5.12. The van der Waals surface area contributed by atoms with Crippen LogP contribution in [0.25, 0.3) is 0 Å². The zero-order valence-electron chi connectivity index (χ0n) is 11.6. The van der Waals surface area contributed by atoms with E-state index in [0.717, 1.165) is 12.0 Å². The van der Waals surface area contributed by atoms with Crippen LogP contribution in [0.3, 0.4) is 0 Å². The second-order valence-corrected chi connectivity index (χ2v) is 4.72. The quantitative estimate of drug-likeness (QED) is 0.785. The van der Waals surface area contributed by atoms with Gasteiger partial charge >= 0.3 is 6.03 Å². The van der Waals surface area contributed by atoms with E-state index in [0.29, 0.717) is 19.6 Å². The van der Waals surface area contributed by atoms with Crippen LogP contribution in [0.5, 0.6) is 0 Å². The third-order valence-corrected chi connectivity index (χ3v) is 2.88. The maximum Gasteiger partial charge on any atom is 0.315 e. The Morgan fingerprint density at radius 3 is 2.95 bits per heavy atom. The topological polar surface area (TPSA) is 63.2 Å². The van der Waals surface area contributed by atoms with Gasteiger partial charge in [-0.1, -0.05) is 6.07 Å². The summed E-state index contributed by atoms with van der Waals surface area (Å²) in [4.78, 5) is 15.8. The molecule has 1 atom stereocenters. The Labute approximate surface area is 114 Å². The minimum absolute atomic E-state index is 0.211. The molecular weight excluding hydrogens is 242 g/mol. The first-order chi connectivity index (χ1) is 9.09. The van der Waals surface area contributed by atoms with Crippen LogP contribution in [-0.4, -0.2) is 36.8 Å². The molecule has 0 aliphatic rings. The molecule has 0 fully saturated rings. The second kappa shape index (κ2) is 7.74. The van der Waals surface area contributed by atoms with Crippen LogP contribution < -0.4 is 10.6 Å². The number of nitrogens with zero attached hydrogens (tertiary/aromatic N) is 1. The van der Waals surface area contributed by atoms with Crippen molar-refractivity contribution in [3.63, 3.8) is 0 Å². The van der Waals surface area contributed by atoms with Crippen LogP contribution in [-0.2, 0) is 11.2 Å². The van der Waals surface area contributed by atoms with Crippen molar-refractivity contribution in [1.29, 1.82) is 0 Å². The number of urea groups is 1. The minimum atomic E-state index is -0.377. The molecule has 5 nitrogen and oxygen atoms in total. The van der Waals surface area contributed by atoms with Crippen LogP contribution in [0, 0.1) is 6.92 Å². The van der Waals surface area contributed by atoms with Crippen molar-refractivity contribution in [3.05, 3.63) is 37.0 Å². The normalized spacial score (nSPS) is 13.6. The number of ether oxygens (including phenoxy) is 1. The van der Waals surface area contributed by atoms with Crippen molar-refractivity contribution >= 4 is 6.03 Å². The molecule has 0 aliphatic heterocycles. The van der Waals surface area contributed by atoms with Gasteiger partial charge in [-0.05, 0) is 38.3 Å². The zero-order chi connectivity index (χ0) is 14.1. The largest absolute Gasteiger partial charge is 0.385 e. The molecule has 2 amide bonds. The summed E-state index contributed by atoms with van der Waals surface area (Å²) in [6.45, 7) is 6.54. The van der Waals surface area contributed by atoms with Gasteiger partial charge in [0.1, 0.15) is 0 Å². The Balaban J connectivity index is 2.71. The number of rotatable bonds is 7. The summed E-state index contributed by atoms with van der Waals surface area (Å²) in [7, 11) is 1.65. The van der Waals surface area contributed by atoms with Gasteiger partial charge in [-0.25, -0.2) is 4.79 Å². The lowest BCUT2D eigenvalue weighted by atomic mass is 9.90. The van der Waals surface area contributed by atoms with Gasteiger partial charge in [0, 0.05) is 38.2 Å². The van der Waals surface area contributed by atoms with Crippen LogP contribution in [0.15, 0.2) is 24.5 Å². The highest BCUT2D eigenvalue weighted by molar-refractivity contribution is 5.74. The number of amides is 2. The molecule has 1 radical (unpaired) electrons. The average molecular weight is 264 g/mol. The SMILES string of the molecule is [CH2]CNC(=O)NC(C)(CCOC)Cc1cccnc1. The molecule has 1 aromatic rings. The van der Waals surface area contributed by atoms with E-state index in [1.807, 2.05) is 25.3 Å². The second-order valence-electron chi connectivity index (χ2n) is 4.72. The molecule has 105 valence electrons. The molecule has 0 aliphatic carbocycles. The lowest BCUT2D eigenvalue weighted by molar-refractivity contribution is 0.159. The highest BCUT2D eigenvalue weighted by atomic mass is 16.5. The van der Waals surface area contributed by atoms with Crippen molar-refractivity contribution < 1.29 is 9.53 Å². The first kappa shape index (κ1) is 15.4. The van der Waals surface area contributed by atoms with Crippen LogP contribution in [0.2, 0.25) is 0 Å². The highest BCUT2D eigenvalue weighted by Gasteiger charge is 2.26. The molecule has 2 N–H and O–H groups in total. The van der Waals surface area contributed by atoms with E-state index >= 15 is 0 Å². The van der Waals surface area contributed by atoms with Crippen LogP contribution in [0.4, 0.5) is 4.79 Å². The Bertz CT molecular complexity index is 384. The number of hydrogen-bond donors (Lipinski definition) is 2. The van der Waals surface area contributed by atoms with E-state index in [1.54, 1.807) is 13.3 Å². The molecule has 0 spiro atoms. The summed E-state index contributed by atoms with van der Waals surface area (Å²) in [5, 5.41) is 5.63. The molecular formula is C14H22N3O2. The van der Waals surface area contributed by atoms with Gasteiger partial charge in [0.25, 0.3) is 0 Å². The van der Waals surface area contributed by atoms with Crippen molar-refractivity contribution in [2.45, 2.75) is 25.3 Å². The summed E-state index contributed by atoms with van der Waals surface area (Å²) in [6.07, 6.45) is 4.97. The Hall–Kier alpha value is -1.62. The first-order valence-corrected chi connectivity index (χ1v) is 6.33. The number of nitrogens with one attached hydrogen (secondary N) is 2. The number of pyridine rings is 1. The highest BCUT2D eigenvalue weighted by Crippen LogP contribution is 2.16. The molecule has 0 aromatic carbocycles. The van der Waals surface area contributed by atoms with E-state index in [2.05, 4.69) is 22.5 Å². The molecule has 0 saturated carbocycles. The number of aromatic nitrogens is 1. The summed E-state index contributed by atoms with van der Waals surface area (Å²) >= 11 is 0. The van der Waals surface area contributed by atoms with Crippen molar-refractivity contribution in [2.24, 2.45) is 0 Å². The fraction of sp³-hybridized carbons (Fsp3) is 0.500. The summed E-state index contributed by atoms with van der Waals surface area (Å²) in [5.74, 6) is 0. The molecule has 1 aromatic heterocycles. The molecule has 1 rings (SSSR count). The summed E-state index contributed by atoms with van der Waals surface area (Å²) in [5.41, 5.74) is 0.703. The van der Waals surface area contributed by atoms with Gasteiger partial charge in [-0.15, -0.1) is 0 Å². The number of carbonyl (C=O) groups is 1. The van der Waals surface area contributed by atoms with Gasteiger partial charge in [-0.3, -0.25) is 4.98 Å². The van der Waals surface area contributed by atoms with E-state index < -0.39 is 0 Å². The molecule has 0 saturated heterocycles. The molecule has 1 unspecified atom stereocenters. The molecule has 0 bridgehead atoms. The van der Waals surface area contributed by atoms with E-state index in [-0.39, 0.29) is 11.6 Å². The molecule has 1 heterocycles. The Morgan fingerprint density at radius 2 is 2.37 bits per heavy atom. The Kier molecular flexibility index (Phi) is 6.29. The van der Waals surface area contributed by atoms with Gasteiger partial charge in [0.15, 0.2) is 0 Å². The summed E-state index contributed by atoms with van der Waals surface area (Å²) in [6, 6.07) is 3.68. The number of hydrogen-bond acceptors (Lipinski definition) is 3. The van der Waals surface area contributed by atoms with Gasteiger partial charge in [0.2, 0.25) is 0 Å². The number of methoxy groups -OCH3 is 1. The van der Waals surface area contributed by atoms with Crippen molar-refractivity contribution in [1.82, 2.24) is 15.6 Å². The average Bonchev–Trinajstić information content (AvgIpc) is 2.37. The smallest absolute Gasteiger partial charge is 0.315 e. The maximum absolute atomic E-state index is 11.7. The van der Waals surface area contributed by atoms with Crippen LogP contribution >= 0.6 is 0 Å². The predicted molar refractivity (Wildman–Crippen MR) is 74.7 cm³/mol. The van der Waals surface area contributed by atoms with Gasteiger partial charge in [-0.2, -0.15) is 0 Å². The predicted octanol–water partition coefficient (Wildman–Crippen LogP) is 1.55. The zero-order valence-corrected chi connectivity index (χ0v) is 11.6. The van der Waals surface area contributed by atoms with E-state index in [9.17, 15) is 4.79 Å². The lowest BCUT2D eigenvalue weighted by Gasteiger charge is -2.31. The standard InChI is InChI=1S/C14H22N3O2/c1-4-16-13(18)17-14(2,7-9-19-3)10-12-6-5-8-15-11-12/h5-6,8,11H,1,4,7,9-10H2,2-3H3,(H2,16,17,18). The fourth-order valence-electron chi connectivity index (χ4n) is 1.91. The first-order valence-electron chi connectivity index (χ1n) is 6.33. The van der Waals surface area contributed by atoms with E-state index in [1.165, 1.54) is 0 Å². The van der Waals surface area contributed by atoms with Crippen LogP contribution in [0.1, 0.15) is 18.9 Å². The van der Waals surface area contributed by atoms with Gasteiger partial charge in [0.05, 0.1) is 0 Å². The van der Waals surface area contributed by atoms with Crippen molar-refractivity contribution in [3.8, 4) is 0 Å². The lowest BCUT2D eigenvalue weighted by Crippen LogP contribution is -2.52. The maximum atomic E-state index is 11.7. The fourth-order valence-corrected chi connectivity index (χ4v) is 1.91. The monoisotopic (exact) mass is 264 g/mol. The molecule has 19 heavy (non-hydrogen) atoms. The Morgan fingerprint density at radius 1 is 1.58 bits per heavy atom. The molecule has 5 heteroatoms. The third-order valence-electron chi connectivity index (χ3n) is 2.88. The minimum Gasteiger partial charge on any atom is -0.385 e. The third kappa shape index (κ3) is 5.70. The van der Waals surface area contributed by atoms with Gasteiger partial charge < -0.3 is 15.4 Å². The van der Waals surface area contributed by atoms with Crippen molar-refractivity contribution in [2.75, 3.05) is 20.3 Å². The van der Waals surface area contributed by atoms with E-state index in [4.69, 9.17) is 4.74 Å². The number of carbonyl (C=O) groups excluding carboxylic acids is 1.